The fraction of sp³-hybridized carbons (Fsp3) is 0.0870. The molecule has 3 rings (SSSR count). The summed E-state index contributed by atoms with van der Waals surface area (Å²) in [5, 5.41) is 23.0. The van der Waals surface area contributed by atoms with Gasteiger partial charge in [-0.05, 0) is 42.5 Å². The fourth-order valence-corrected chi connectivity index (χ4v) is 2.89. The number of halogens is 1. The van der Waals surface area contributed by atoms with E-state index < -0.39 is 11.8 Å². The first-order valence-electron chi connectivity index (χ1n) is 9.43. The molecule has 160 valence electrons. The van der Waals surface area contributed by atoms with E-state index in [1.165, 1.54) is 24.4 Å². The lowest BCUT2D eigenvalue weighted by atomic mass is 10.1. The molecule has 8 nitrogen and oxygen atoms in total. The summed E-state index contributed by atoms with van der Waals surface area (Å²) < 4.78 is 0. The quantitative estimate of drug-likeness (QED) is 0.404. The number of nitrogens with one attached hydrogen (secondary N) is 3. The van der Waals surface area contributed by atoms with Gasteiger partial charge >= 0.3 is 0 Å². The highest BCUT2D eigenvalue weighted by Gasteiger charge is 2.17. The summed E-state index contributed by atoms with van der Waals surface area (Å²) in [6.07, 6.45) is 1.39. The molecule has 0 aliphatic carbocycles. The van der Waals surface area contributed by atoms with E-state index in [1.54, 1.807) is 55.4 Å². The maximum atomic E-state index is 12.8. The van der Waals surface area contributed by atoms with Gasteiger partial charge in [0.15, 0.2) is 0 Å². The number of carbonyl (C=O) groups is 2. The van der Waals surface area contributed by atoms with E-state index in [0.717, 1.165) is 0 Å². The minimum absolute atomic E-state index is 0.111. The molecule has 0 atom stereocenters. The lowest BCUT2D eigenvalue weighted by Crippen LogP contribution is -2.22. The summed E-state index contributed by atoms with van der Waals surface area (Å²) in [7, 11) is 3.53. The molecule has 3 aromatic rings. The van der Waals surface area contributed by atoms with Crippen molar-refractivity contribution < 1.29 is 9.59 Å². The van der Waals surface area contributed by atoms with Crippen LogP contribution in [0.4, 0.5) is 11.5 Å². The summed E-state index contributed by atoms with van der Waals surface area (Å²) >= 11 is 5.82. The molecule has 0 saturated carbocycles. The van der Waals surface area contributed by atoms with Crippen molar-refractivity contribution in [2.45, 2.75) is 0 Å². The molecule has 9 heteroatoms. The van der Waals surface area contributed by atoms with Gasteiger partial charge in [0.25, 0.3) is 11.8 Å². The Bertz CT molecular complexity index is 1210. The number of nitrogens with zero attached hydrogens (tertiary/aromatic N) is 3. The van der Waals surface area contributed by atoms with Crippen molar-refractivity contribution >= 4 is 40.8 Å². The standard InChI is InChI=1S/C23H19ClN6O2/c1-30(2)21(26)15-4-6-16(7-5-15)22(31)28-19-9-3-14(12-25)11-18(19)23(32)29-20-10-8-17(24)13-27-20/h3-11,13,26H,1-2H3,(H,28,31)(H,27,29,32). The molecular weight excluding hydrogens is 428 g/mol. The molecule has 0 aliphatic heterocycles. The van der Waals surface area contributed by atoms with E-state index in [9.17, 15) is 14.9 Å². The molecule has 3 N–H and O–H groups in total. The van der Waals surface area contributed by atoms with Gasteiger partial charge in [-0.15, -0.1) is 0 Å². The maximum absolute atomic E-state index is 12.8. The van der Waals surface area contributed by atoms with Crippen molar-refractivity contribution in [3.8, 4) is 6.07 Å². The van der Waals surface area contributed by atoms with E-state index in [1.807, 2.05) is 6.07 Å². The van der Waals surface area contributed by atoms with Crippen molar-refractivity contribution in [1.29, 1.82) is 10.7 Å². The third-order valence-electron chi connectivity index (χ3n) is 4.48. The summed E-state index contributed by atoms with van der Waals surface area (Å²) in [6, 6.07) is 16.1. The fourth-order valence-electron chi connectivity index (χ4n) is 2.78. The van der Waals surface area contributed by atoms with E-state index in [2.05, 4.69) is 15.6 Å². The number of amidine groups is 1. The molecule has 0 fully saturated rings. The molecule has 0 spiro atoms. The van der Waals surface area contributed by atoms with Gasteiger partial charge in [0, 0.05) is 31.4 Å². The van der Waals surface area contributed by atoms with Crippen molar-refractivity contribution in [3.05, 3.63) is 88.1 Å². The molecule has 0 unspecified atom stereocenters. The highest BCUT2D eigenvalue weighted by molar-refractivity contribution is 6.30. The first-order chi connectivity index (χ1) is 15.3. The van der Waals surface area contributed by atoms with Crippen LogP contribution >= 0.6 is 11.6 Å². The summed E-state index contributed by atoms with van der Waals surface area (Å²) in [5.74, 6) is -0.380. The molecule has 2 aromatic carbocycles. The number of nitriles is 1. The Kier molecular flexibility index (Phi) is 6.83. The van der Waals surface area contributed by atoms with Gasteiger partial charge in [-0.1, -0.05) is 23.7 Å². The van der Waals surface area contributed by atoms with Crippen LogP contribution in [-0.2, 0) is 0 Å². The lowest BCUT2D eigenvalue weighted by molar-refractivity contribution is 0.102. The topological polar surface area (TPSA) is 122 Å². The van der Waals surface area contributed by atoms with Gasteiger partial charge in [-0.3, -0.25) is 15.0 Å². The third kappa shape index (κ3) is 5.28. The minimum Gasteiger partial charge on any atom is -0.363 e. The van der Waals surface area contributed by atoms with Crippen LogP contribution in [0.2, 0.25) is 5.02 Å². The number of hydrogen-bond donors (Lipinski definition) is 3. The Labute approximate surface area is 190 Å². The van der Waals surface area contributed by atoms with Crippen molar-refractivity contribution in [3.63, 3.8) is 0 Å². The Balaban J connectivity index is 1.83. The van der Waals surface area contributed by atoms with Crippen LogP contribution in [-0.4, -0.2) is 41.6 Å². The first-order valence-corrected chi connectivity index (χ1v) is 9.81. The van der Waals surface area contributed by atoms with Gasteiger partial charge in [-0.2, -0.15) is 5.26 Å². The van der Waals surface area contributed by atoms with Gasteiger partial charge in [-0.25, -0.2) is 4.98 Å². The van der Waals surface area contributed by atoms with Crippen LogP contribution in [0.15, 0.2) is 60.8 Å². The van der Waals surface area contributed by atoms with Gasteiger partial charge in [0.2, 0.25) is 0 Å². The number of pyridine rings is 1. The largest absolute Gasteiger partial charge is 0.363 e. The van der Waals surface area contributed by atoms with Gasteiger partial charge < -0.3 is 15.5 Å². The average molecular weight is 447 g/mol. The Morgan fingerprint density at radius 1 is 1.00 bits per heavy atom. The van der Waals surface area contributed by atoms with Crippen molar-refractivity contribution in [2.75, 3.05) is 24.7 Å². The highest BCUT2D eigenvalue weighted by atomic mass is 35.5. The molecule has 32 heavy (non-hydrogen) atoms. The van der Waals surface area contributed by atoms with E-state index >= 15 is 0 Å². The van der Waals surface area contributed by atoms with E-state index in [0.29, 0.717) is 22.0 Å². The molecule has 0 bridgehead atoms. The highest BCUT2D eigenvalue weighted by Crippen LogP contribution is 2.21. The average Bonchev–Trinajstić information content (AvgIpc) is 2.80. The van der Waals surface area contributed by atoms with Crippen LogP contribution in [0.1, 0.15) is 31.8 Å². The van der Waals surface area contributed by atoms with E-state index in [4.69, 9.17) is 17.0 Å². The number of rotatable bonds is 5. The van der Waals surface area contributed by atoms with Crippen LogP contribution in [0.25, 0.3) is 0 Å². The predicted molar refractivity (Wildman–Crippen MR) is 123 cm³/mol. The van der Waals surface area contributed by atoms with Crippen molar-refractivity contribution in [2.24, 2.45) is 0 Å². The molecule has 2 amide bonds. The minimum atomic E-state index is -0.540. The second-order valence-electron chi connectivity index (χ2n) is 6.96. The number of benzene rings is 2. The molecule has 1 aromatic heterocycles. The van der Waals surface area contributed by atoms with Gasteiger partial charge in [0.1, 0.15) is 11.7 Å². The SMILES string of the molecule is CN(C)C(=N)c1ccc(C(=O)Nc2ccc(C#N)cc2C(=O)Nc2ccc(Cl)cn2)cc1. The number of aromatic nitrogens is 1. The number of anilines is 2. The molecule has 0 aliphatic rings. The Morgan fingerprint density at radius 2 is 1.69 bits per heavy atom. The van der Waals surface area contributed by atoms with Crippen molar-refractivity contribution in [1.82, 2.24) is 9.88 Å². The Morgan fingerprint density at radius 3 is 2.28 bits per heavy atom. The third-order valence-corrected chi connectivity index (χ3v) is 4.70. The second kappa shape index (κ2) is 9.73. The van der Waals surface area contributed by atoms with E-state index in [-0.39, 0.29) is 22.6 Å². The summed E-state index contributed by atoms with van der Waals surface area (Å²) in [5.41, 5.74) is 1.64. The number of carbonyl (C=O) groups excluding carboxylic acids is 2. The van der Waals surface area contributed by atoms with Crippen LogP contribution < -0.4 is 10.6 Å². The Hall–Kier alpha value is -4.22. The smallest absolute Gasteiger partial charge is 0.258 e. The molecule has 0 radical (unpaired) electrons. The maximum Gasteiger partial charge on any atom is 0.258 e. The number of amides is 2. The number of hydrogen-bond acceptors (Lipinski definition) is 5. The normalized spacial score (nSPS) is 10.1. The van der Waals surface area contributed by atoms with Crippen LogP contribution in [0.5, 0.6) is 0 Å². The van der Waals surface area contributed by atoms with Crippen LogP contribution in [0.3, 0.4) is 0 Å². The second-order valence-corrected chi connectivity index (χ2v) is 7.40. The van der Waals surface area contributed by atoms with Gasteiger partial charge in [0.05, 0.1) is 27.9 Å². The first kappa shape index (κ1) is 22.5. The van der Waals surface area contributed by atoms with Crippen LogP contribution in [0, 0.1) is 16.7 Å². The lowest BCUT2D eigenvalue weighted by Gasteiger charge is -2.14. The zero-order valence-electron chi connectivity index (χ0n) is 17.3. The molecular formula is C23H19ClN6O2. The summed E-state index contributed by atoms with van der Waals surface area (Å²) in [4.78, 5) is 31.3. The zero-order chi connectivity index (χ0) is 23.3. The monoisotopic (exact) mass is 446 g/mol. The molecule has 1 heterocycles. The zero-order valence-corrected chi connectivity index (χ0v) is 18.1. The predicted octanol–water partition coefficient (Wildman–Crippen LogP) is 4.00. The molecule has 0 saturated heterocycles. The summed E-state index contributed by atoms with van der Waals surface area (Å²) in [6.45, 7) is 0.